The van der Waals surface area contributed by atoms with Crippen LogP contribution in [-0.2, 0) is 0 Å². The van der Waals surface area contributed by atoms with Gasteiger partial charge in [-0.15, -0.1) is 0 Å². The molecule has 0 bridgehead atoms. The lowest BCUT2D eigenvalue weighted by Gasteiger charge is -2.57. The molecule has 1 aromatic rings. The third kappa shape index (κ3) is 2.24. The van der Waals surface area contributed by atoms with Crippen molar-refractivity contribution in [3.63, 3.8) is 0 Å². The topological polar surface area (TPSA) is 32.3 Å². The Hall–Kier alpha value is -0.510. The summed E-state index contributed by atoms with van der Waals surface area (Å²) in [5.74, 6) is 0.496. The van der Waals surface area contributed by atoms with Crippen LogP contribution in [0.5, 0.6) is 0 Å². The monoisotopic (exact) mass is 251 g/mol. The maximum atomic E-state index is 10.2. The smallest absolute Gasteiger partial charge is 0.0812 e. The Bertz CT molecular complexity index is 401. The largest absolute Gasteiger partial charge is 0.388 e. The van der Waals surface area contributed by atoms with Crippen molar-refractivity contribution in [2.75, 3.05) is 0 Å². The zero-order valence-corrected chi connectivity index (χ0v) is 11.8. The summed E-state index contributed by atoms with van der Waals surface area (Å²) in [6.07, 6.45) is 0.866. The van der Waals surface area contributed by atoms with Gasteiger partial charge in [0.2, 0.25) is 0 Å². The molecule has 3 unspecified atom stereocenters. The van der Waals surface area contributed by atoms with E-state index in [0.29, 0.717) is 5.92 Å². The maximum absolute atomic E-state index is 10.2. The molecule has 3 heteroatoms. The summed E-state index contributed by atoms with van der Waals surface area (Å²) in [7, 11) is 0. The molecule has 94 valence electrons. The lowest BCUT2D eigenvalue weighted by atomic mass is 9.58. The Morgan fingerprint density at radius 2 is 1.88 bits per heavy atom. The highest BCUT2D eigenvalue weighted by atomic mass is 32.2. The van der Waals surface area contributed by atoms with Gasteiger partial charge in [-0.2, -0.15) is 0 Å². The minimum absolute atomic E-state index is 0.206. The fraction of sp³-hybridized carbons (Fsp3) is 0.571. The number of hydrogen-bond donors (Lipinski definition) is 2. The molecule has 2 rings (SSSR count). The van der Waals surface area contributed by atoms with E-state index in [-0.39, 0.29) is 5.54 Å². The summed E-state index contributed by atoms with van der Waals surface area (Å²) < 4.78 is 3.44. The third-order valence-corrected chi connectivity index (χ3v) is 5.24. The molecular weight excluding hydrogens is 230 g/mol. The maximum Gasteiger partial charge on any atom is 0.0812 e. The summed E-state index contributed by atoms with van der Waals surface area (Å²) in [6.45, 7) is 8.28. The van der Waals surface area contributed by atoms with Gasteiger partial charge in [0.1, 0.15) is 0 Å². The van der Waals surface area contributed by atoms with E-state index in [4.69, 9.17) is 0 Å². The van der Waals surface area contributed by atoms with Gasteiger partial charge < -0.3 is 5.11 Å². The quantitative estimate of drug-likeness (QED) is 0.810. The normalized spacial score (nSPS) is 36.6. The van der Waals surface area contributed by atoms with Crippen LogP contribution in [-0.4, -0.2) is 16.2 Å². The van der Waals surface area contributed by atoms with E-state index in [1.165, 1.54) is 10.5 Å². The average Bonchev–Trinajstić information content (AvgIpc) is 2.27. The minimum atomic E-state index is -0.607. The summed E-state index contributed by atoms with van der Waals surface area (Å²) in [5, 5.41) is 10.2. The molecule has 17 heavy (non-hydrogen) atoms. The summed E-state index contributed by atoms with van der Waals surface area (Å²) in [5.41, 5.74) is 0.455. The fourth-order valence-electron chi connectivity index (χ4n) is 2.39. The van der Waals surface area contributed by atoms with Crippen LogP contribution in [0.2, 0.25) is 0 Å². The van der Waals surface area contributed by atoms with Crippen molar-refractivity contribution >= 4 is 11.9 Å². The first-order chi connectivity index (χ1) is 7.85. The van der Waals surface area contributed by atoms with Crippen LogP contribution in [0, 0.1) is 12.8 Å². The van der Waals surface area contributed by atoms with Crippen molar-refractivity contribution in [1.29, 1.82) is 0 Å². The second-order valence-corrected chi connectivity index (χ2v) is 6.48. The molecule has 2 nitrogen and oxygen atoms in total. The predicted octanol–water partition coefficient (Wildman–Crippen LogP) is 3.14. The van der Waals surface area contributed by atoms with Crippen LogP contribution in [0.4, 0.5) is 0 Å². The zero-order valence-electron chi connectivity index (χ0n) is 10.9. The molecule has 1 aliphatic rings. The number of hydrogen-bond acceptors (Lipinski definition) is 3. The van der Waals surface area contributed by atoms with E-state index in [1.807, 2.05) is 6.92 Å². The van der Waals surface area contributed by atoms with E-state index in [0.717, 1.165) is 6.42 Å². The van der Waals surface area contributed by atoms with Gasteiger partial charge >= 0.3 is 0 Å². The van der Waals surface area contributed by atoms with Crippen LogP contribution < -0.4 is 4.72 Å². The molecule has 1 saturated carbocycles. The van der Waals surface area contributed by atoms with Gasteiger partial charge in [0, 0.05) is 4.90 Å². The molecule has 0 heterocycles. The first-order valence-corrected chi connectivity index (χ1v) is 6.90. The van der Waals surface area contributed by atoms with Crippen molar-refractivity contribution in [1.82, 2.24) is 4.72 Å². The zero-order chi connectivity index (χ0) is 12.7. The predicted molar refractivity (Wildman–Crippen MR) is 73.0 cm³/mol. The number of aryl methyl sites for hydroxylation is 1. The molecule has 3 atom stereocenters. The van der Waals surface area contributed by atoms with E-state index >= 15 is 0 Å². The number of aliphatic hydroxyl groups is 1. The standard InChI is InChI=1S/C14H21NOS/c1-10-5-7-12(8-6-10)17-15-14(4)11(2)9-13(14,3)16/h5-8,11,15-16H,9H2,1-4H3. The molecule has 0 aliphatic heterocycles. The van der Waals surface area contributed by atoms with Crippen LogP contribution in [0.3, 0.4) is 0 Å². The van der Waals surface area contributed by atoms with Gasteiger partial charge in [-0.3, -0.25) is 4.72 Å². The molecule has 2 N–H and O–H groups in total. The second-order valence-electron chi connectivity index (χ2n) is 5.60. The van der Waals surface area contributed by atoms with E-state index in [1.54, 1.807) is 11.9 Å². The van der Waals surface area contributed by atoms with Crippen LogP contribution in [0.15, 0.2) is 29.2 Å². The summed E-state index contributed by atoms with van der Waals surface area (Å²) in [6, 6.07) is 8.42. The minimum Gasteiger partial charge on any atom is -0.388 e. The highest BCUT2D eigenvalue weighted by Gasteiger charge is 2.57. The molecule has 1 fully saturated rings. The van der Waals surface area contributed by atoms with Crippen LogP contribution in [0.25, 0.3) is 0 Å². The van der Waals surface area contributed by atoms with Crippen LogP contribution >= 0.6 is 11.9 Å². The average molecular weight is 251 g/mol. The molecule has 1 aliphatic carbocycles. The van der Waals surface area contributed by atoms with Crippen molar-refractivity contribution in [3.8, 4) is 0 Å². The van der Waals surface area contributed by atoms with Gasteiger partial charge in [0.25, 0.3) is 0 Å². The van der Waals surface area contributed by atoms with Gasteiger partial charge in [0.15, 0.2) is 0 Å². The molecule has 0 radical (unpaired) electrons. The SMILES string of the molecule is Cc1ccc(SNC2(C)C(C)CC2(C)O)cc1. The molecule has 0 aromatic heterocycles. The summed E-state index contributed by atoms with van der Waals surface area (Å²) >= 11 is 1.61. The second kappa shape index (κ2) is 4.30. The molecule has 0 amide bonds. The first kappa shape index (κ1) is 12.9. The Morgan fingerprint density at radius 3 is 2.35 bits per heavy atom. The molecule has 0 saturated heterocycles. The Labute approximate surface area is 108 Å². The molecular formula is C14H21NOS. The van der Waals surface area contributed by atoms with Crippen molar-refractivity contribution in [3.05, 3.63) is 29.8 Å². The lowest BCUT2D eigenvalue weighted by molar-refractivity contribution is -0.135. The van der Waals surface area contributed by atoms with Gasteiger partial charge in [-0.25, -0.2) is 0 Å². The molecule has 1 aromatic carbocycles. The highest BCUT2D eigenvalue weighted by Crippen LogP contribution is 2.48. The van der Waals surface area contributed by atoms with Crippen molar-refractivity contribution in [2.24, 2.45) is 5.92 Å². The van der Waals surface area contributed by atoms with Gasteiger partial charge in [-0.1, -0.05) is 24.6 Å². The Morgan fingerprint density at radius 1 is 1.29 bits per heavy atom. The Kier molecular flexibility index (Phi) is 3.27. The fourth-order valence-corrected chi connectivity index (χ4v) is 3.42. The van der Waals surface area contributed by atoms with Crippen molar-refractivity contribution < 1.29 is 5.11 Å². The first-order valence-electron chi connectivity index (χ1n) is 6.08. The van der Waals surface area contributed by atoms with E-state index in [9.17, 15) is 5.11 Å². The van der Waals surface area contributed by atoms with E-state index < -0.39 is 5.60 Å². The Balaban J connectivity index is 2.00. The van der Waals surface area contributed by atoms with Gasteiger partial charge in [0.05, 0.1) is 11.1 Å². The van der Waals surface area contributed by atoms with Gasteiger partial charge in [-0.05, 0) is 57.2 Å². The number of benzene rings is 1. The van der Waals surface area contributed by atoms with Crippen molar-refractivity contribution in [2.45, 2.75) is 50.2 Å². The number of rotatable bonds is 3. The third-order valence-electron chi connectivity index (χ3n) is 4.21. The number of nitrogens with one attached hydrogen (secondary N) is 1. The van der Waals surface area contributed by atoms with E-state index in [2.05, 4.69) is 49.8 Å². The highest BCUT2D eigenvalue weighted by molar-refractivity contribution is 7.97. The summed E-state index contributed by atoms with van der Waals surface area (Å²) in [4.78, 5) is 1.19. The lowest BCUT2D eigenvalue weighted by Crippen LogP contribution is -2.70. The molecule has 0 spiro atoms. The van der Waals surface area contributed by atoms with Crippen LogP contribution in [0.1, 0.15) is 32.8 Å².